The smallest absolute Gasteiger partial charge is 0.125 e. The van der Waals surface area contributed by atoms with E-state index in [1.165, 1.54) is 22.3 Å². The first-order chi connectivity index (χ1) is 24.7. The van der Waals surface area contributed by atoms with E-state index in [2.05, 4.69) is 116 Å². The molecule has 3 heteroatoms. The third-order valence-electron chi connectivity index (χ3n) is 11.4. The summed E-state index contributed by atoms with van der Waals surface area (Å²) in [5.74, 6) is 9.85. The molecule has 0 bridgehead atoms. The molecule has 0 radical (unpaired) electrons. The zero-order valence-electron chi connectivity index (χ0n) is 33.5. The van der Waals surface area contributed by atoms with Gasteiger partial charge < -0.3 is 15.3 Å². The van der Waals surface area contributed by atoms with Crippen LogP contribution in [-0.2, 0) is 10.8 Å². The van der Waals surface area contributed by atoms with Crippen molar-refractivity contribution in [3.05, 3.63) is 128 Å². The lowest BCUT2D eigenvalue weighted by Crippen LogP contribution is -2.26. The fraction of sp³-hybridized carbons (Fsp3) is 0.429. The van der Waals surface area contributed by atoms with E-state index in [0.717, 1.165) is 71.9 Å². The summed E-state index contributed by atoms with van der Waals surface area (Å²) in [4.78, 5) is 0. The number of aromatic hydroxyl groups is 2. The second-order valence-corrected chi connectivity index (χ2v) is 14.6. The van der Waals surface area contributed by atoms with Crippen LogP contribution in [0.5, 0.6) is 11.5 Å². The van der Waals surface area contributed by atoms with Crippen molar-refractivity contribution < 1.29 is 15.3 Å². The normalized spacial score (nSPS) is 11.6. The standard InChI is InChI=1S/C28H38O2.C21H24O/c1-7-16-27(30,17-8-2)18-15-23-11-12-24(19-21(23)5)28(9-3,10-4)25-13-14-26(29)22(6)20-25;1-6-17-9-10-18(13-15(17)4)21(7-2,8-3)19-11-12-20(22)16(5)14-19/h11-14,19-20,29-30H,7-10,16-17H2,1-6H3;1,9-14,22H,7-8H2,2-5H3. The minimum absolute atomic E-state index is 0.0453. The predicted molar refractivity (Wildman–Crippen MR) is 220 cm³/mol. The lowest BCUT2D eigenvalue weighted by molar-refractivity contribution is 0.0807. The van der Waals surface area contributed by atoms with Gasteiger partial charge in [-0.25, -0.2) is 0 Å². The number of phenolic OH excluding ortho intramolecular Hbond substituents is 2. The van der Waals surface area contributed by atoms with E-state index in [9.17, 15) is 15.3 Å². The van der Waals surface area contributed by atoms with Crippen molar-refractivity contribution in [1.82, 2.24) is 0 Å². The highest BCUT2D eigenvalue weighted by Gasteiger charge is 2.32. The summed E-state index contributed by atoms with van der Waals surface area (Å²) in [6, 6.07) is 24.8. The van der Waals surface area contributed by atoms with Gasteiger partial charge in [0.1, 0.15) is 17.1 Å². The molecule has 0 spiro atoms. The number of hydrogen-bond acceptors (Lipinski definition) is 3. The molecule has 276 valence electrons. The van der Waals surface area contributed by atoms with Crippen molar-refractivity contribution in [2.75, 3.05) is 0 Å². The van der Waals surface area contributed by atoms with Crippen molar-refractivity contribution >= 4 is 0 Å². The molecule has 0 aliphatic rings. The zero-order chi connectivity index (χ0) is 38.7. The molecule has 0 aliphatic carbocycles. The number of rotatable bonds is 12. The van der Waals surface area contributed by atoms with Crippen molar-refractivity contribution in [3.63, 3.8) is 0 Å². The van der Waals surface area contributed by atoms with E-state index >= 15 is 0 Å². The average molecular weight is 699 g/mol. The highest BCUT2D eigenvalue weighted by atomic mass is 16.3. The molecule has 4 aromatic carbocycles. The maximum absolute atomic E-state index is 10.8. The Bertz CT molecular complexity index is 1900. The quantitative estimate of drug-likeness (QED) is 0.129. The second-order valence-electron chi connectivity index (χ2n) is 14.6. The van der Waals surface area contributed by atoms with Crippen LogP contribution >= 0.6 is 0 Å². The Morgan fingerprint density at radius 1 is 0.519 bits per heavy atom. The minimum atomic E-state index is -0.894. The molecule has 0 heterocycles. The first-order valence-corrected chi connectivity index (χ1v) is 19.3. The van der Waals surface area contributed by atoms with Crippen molar-refractivity contribution in [2.24, 2.45) is 0 Å². The second kappa shape index (κ2) is 18.4. The summed E-state index contributed by atoms with van der Waals surface area (Å²) in [5, 5.41) is 30.6. The number of aliphatic hydroxyl groups is 1. The van der Waals surface area contributed by atoms with Gasteiger partial charge in [-0.2, -0.15) is 0 Å². The Hall–Kier alpha value is -4.44. The van der Waals surface area contributed by atoms with Crippen LogP contribution in [0, 0.1) is 51.9 Å². The molecule has 0 saturated heterocycles. The van der Waals surface area contributed by atoms with Gasteiger partial charge in [-0.1, -0.05) is 121 Å². The lowest BCUT2D eigenvalue weighted by atomic mass is 9.70. The molecule has 4 aromatic rings. The monoisotopic (exact) mass is 698 g/mol. The van der Waals surface area contributed by atoms with Crippen LogP contribution in [0.2, 0.25) is 0 Å². The number of terminal acetylenes is 1. The molecular weight excluding hydrogens is 637 g/mol. The Balaban J connectivity index is 0.000000294. The Kier molecular flexibility index (Phi) is 14.8. The Morgan fingerprint density at radius 3 is 1.17 bits per heavy atom. The van der Waals surface area contributed by atoms with Gasteiger partial charge in [0.25, 0.3) is 0 Å². The van der Waals surface area contributed by atoms with Gasteiger partial charge in [-0.3, -0.25) is 0 Å². The van der Waals surface area contributed by atoms with Gasteiger partial charge in [0.05, 0.1) is 0 Å². The fourth-order valence-electron chi connectivity index (χ4n) is 7.86. The van der Waals surface area contributed by atoms with Crippen molar-refractivity contribution in [3.8, 4) is 35.7 Å². The molecular formula is C49H62O3. The Morgan fingerprint density at radius 2 is 0.865 bits per heavy atom. The maximum Gasteiger partial charge on any atom is 0.125 e. The van der Waals surface area contributed by atoms with Crippen LogP contribution in [0.4, 0.5) is 0 Å². The fourth-order valence-corrected chi connectivity index (χ4v) is 7.86. The molecule has 0 aromatic heterocycles. The summed E-state index contributed by atoms with van der Waals surface area (Å²) in [7, 11) is 0. The topological polar surface area (TPSA) is 60.7 Å². The lowest BCUT2D eigenvalue weighted by Gasteiger charge is -2.34. The molecule has 3 nitrogen and oxygen atoms in total. The number of phenols is 2. The van der Waals surface area contributed by atoms with Gasteiger partial charge in [0, 0.05) is 22.0 Å². The van der Waals surface area contributed by atoms with Crippen LogP contribution in [0.3, 0.4) is 0 Å². The summed E-state index contributed by atoms with van der Waals surface area (Å²) >= 11 is 0. The Labute approximate surface area is 315 Å². The summed E-state index contributed by atoms with van der Waals surface area (Å²) < 4.78 is 0. The average Bonchev–Trinajstić information content (AvgIpc) is 3.13. The molecule has 0 amide bonds. The predicted octanol–water partition coefficient (Wildman–Crippen LogP) is 11.9. The summed E-state index contributed by atoms with van der Waals surface area (Å²) in [5.41, 5.74) is 10.0. The first-order valence-electron chi connectivity index (χ1n) is 19.3. The highest BCUT2D eigenvalue weighted by Crippen LogP contribution is 2.42. The van der Waals surface area contributed by atoms with E-state index in [1.54, 1.807) is 12.1 Å². The highest BCUT2D eigenvalue weighted by molar-refractivity contribution is 5.51. The number of aryl methyl sites for hydroxylation is 4. The van der Waals surface area contributed by atoms with Gasteiger partial charge in [-0.15, -0.1) is 6.42 Å². The molecule has 3 N–H and O–H groups in total. The number of benzene rings is 4. The molecule has 52 heavy (non-hydrogen) atoms. The molecule has 0 saturated carbocycles. The van der Waals surface area contributed by atoms with Crippen LogP contribution < -0.4 is 0 Å². The molecule has 4 rings (SSSR count). The maximum atomic E-state index is 10.8. The van der Waals surface area contributed by atoms with Crippen LogP contribution in [0.1, 0.15) is 149 Å². The van der Waals surface area contributed by atoms with E-state index in [1.807, 2.05) is 32.0 Å². The van der Waals surface area contributed by atoms with Crippen molar-refractivity contribution in [2.45, 2.75) is 137 Å². The van der Waals surface area contributed by atoms with Gasteiger partial charge in [-0.05, 0) is 135 Å². The van der Waals surface area contributed by atoms with E-state index in [-0.39, 0.29) is 10.8 Å². The summed E-state index contributed by atoms with van der Waals surface area (Å²) in [6.45, 7) is 21.1. The molecule has 0 fully saturated rings. The van der Waals surface area contributed by atoms with Gasteiger partial charge >= 0.3 is 0 Å². The number of hydrogen-bond donors (Lipinski definition) is 3. The minimum Gasteiger partial charge on any atom is -0.508 e. The van der Waals surface area contributed by atoms with Crippen LogP contribution in [-0.4, -0.2) is 20.9 Å². The third kappa shape index (κ3) is 9.13. The van der Waals surface area contributed by atoms with Crippen molar-refractivity contribution in [1.29, 1.82) is 0 Å². The van der Waals surface area contributed by atoms with Crippen LogP contribution in [0.15, 0.2) is 72.8 Å². The van der Waals surface area contributed by atoms with E-state index in [4.69, 9.17) is 6.42 Å². The van der Waals surface area contributed by atoms with E-state index in [0.29, 0.717) is 24.3 Å². The molecule has 0 atom stereocenters. The van der Waals surface area contributed by atoms with Gasteiger partial charge in [0.15, 0.2) is 0 Å². The molecule has 0 aliphatic heterocycles. The summed E-state index contributed by atoms with van der Waals surface area (Å²) in [6.07, 6.45) is 12.8. The first kappa shape index (κ1) is 42.0. The van der Waals surface area contributed by atoms with E-state index < -0.39 is 5.60 Å². The zero-order valence-corrected chi connectivity index (χ0v) is 33.5. The third-order valence-corrected chi connectivity index (χ3v) is 11.4. The largest absolute Gasteiger partial charge is 0.508 e. The molecule has 0 unspecified atom stereocenters. The SMILES string of the molecule is C#Cc1ccc(C(CC)(CC)c2ccc(O)c(C)c2)cc1C.CCCC(O)(C#Cc1ccc(C(CC)(CC)c2ccc(O)c(C)c2)cc1C)CCC. The van der Waals surface area contributed by atoms with Crippen LogP contribution in [0.25, 0.3) is 0 Å². The van der Waals surface area contributed by atoms with Gasteiger partial charge in [0.2, 0.25) is 0 Å².